The van der Waals surface area contributed by atoms with Crippen LogP contribution in [0, 0.1) is 17.6 Å². The van der Waals surface area contributed by atoms with E-state index in [0.717, 1.165) is 25.0 Å². The lowest BCUT2D eigenvalue weighted by molar-refractivity contribution is -0.122. The van der Waals surface area contributed by atoms with Crippen LogP contribution in [0.5, 0.6) is 0 Å². The lowest BCUT2D eigenvalue weighted by Crippen LogP contribution is -2.47. The van der Waals surface area contributed by atoms with E-state index in [-0.39, 0.29) is 46.7 Å². The average Bonchev–Trinajstić information content (AvgIpc) is 3.27. The van der Waals surface area contributed by atoms with Gasteiger partial charge in [0.2, 0.25) is 17.8 Å². The molecule has 0 radical (unpaired) electrons. The SMILES string of the molecule is CC(C)(C)OC(=O)N1CCCC(Nc2ncc3nc(Nc4c(F)cc(F)cc4Cl)n(C4CCC(C(N)=O)CC4)c3n2)C1. The van der Waals surface area contributed by atoms with Gasteiger partial charge in [0.05, 0.1) is 16.9 Å². The number of likely N-dealkylation sites (tertiary alicyclic amines) is 1. The van der Waals surface area contributed by atoms with Crippen molar-refractivity contribution in [3.05, 3.63) is 35.0 Å². The van der Waals surface area contributed by atoms with Gasteiger partial charge in [0.25, 0.3) is 0 Å². The van der Waals surface area contributed by atoms with Gasteiger partial charge in [-0.2, -0.15) is 4.98 Å². The molecule has 5 rings (SSSR count). The van der Waals surface area contributed by atoms with Gasteiger partial charge >= 0.3 is 6.09 Å². The number of anilines is 3. The van der Waals surface area contributed by atoms with Crippen molar-refractivity contribution in [2.75, 3.05) is 23.7 Å². The number of rotatable bonds is 6. The van der Waals surface area contributed by atoms with Gasteiger partial charge in [-0.3, -0.25) is 9.36 Å². The Hall–Kier alpha value is -3.74. The van der Waals surface area contributed by atoms with Crippen LogP contribution >= 0.6 is 11.6 Å². The van der Waals surface area contributed by atoms with Crippen LogP contribution in [0.25, 0.3) is 11.2 Å². The Kier molecular flexibility index (Phi) is 8.40. The van der Waals surface area contributed by atoms with E-state index in [0.29, 0.717) is 55.9 Å². The Morgan fingerprint density at radius 3 is 2.52 bits per heavy atom. The number of ether oxygens (including phenoxy) is 1. The molecule has 3 heterocycles. The third-order valence-corrected chi connectivity index (χ3v) is 7.85. The number of hydrogen-bond acceptors (Lipinski definition) is 8. The molecule has 2 amide bonds. The molecule has 1 saturated heterocycles. The Balaban J connectivity index is 1.44. The number of halogens is 3. The predicted octanol–water partition coefficient (Wildman–Crippen LogP) is 5.53. The Morgan fingerprint density at radius 1 is 1.12 bits per heavy atom. The Morgan fingerprint density at radius 2 is 1.86 bits per heavy atom. The smallest absolute Gasteiger partial charge is 0.410 e. The maximum atomic E-state index is 14.7. The van der Waals surface area contributed by atoms with Crippen LogP contribution < -0.4 is 16.4 Å². The molecule has 1 saturated carbocycles. The lowest BCUT2D eigenvalue weighted by Gasteiger charge is -2.34. The first-order chi connectivity index (χ1) is 19.9. The first-order valence-electron chi connectivity index (χ1n) is 14.1. The van der Waals surface area contributed by atoms with E-state index in [2.05, 4.69) is 20.6 Å². The normalized spacial score (nSPS) is 21.3. The lowest BCUT2D eigenvalue weighted by atomic mass is 9.85. The molecule has 2 aliphatic rings. The number of aromatic nitrogens is 4. The van der Waals surface area contributed by atoms with Crippen molar-refractivity contribution in [1.82, 2.24) is 24.4 Å². The summed E-state index contributed by atoms with van der Waals surface area (Å²) in [5.41, 5.74) is 5.80. The average molecular weight is 605 g/mol. The second-order valence-electron chi connectivity index (χ2n) is 11.9. The third kappa shape index (κ3) is 6.66. The number of nitrogens with zero attached hydrogens (tertiary/aromatic N) is 5. The summed E-state index contributed by atoms with van der Waals surface area (Å²) in [5.74, 6) is -1.60. The van der Waals surface area contributed by atoms with Crippen LogP contribution in [0.1, 0.15) is 65.3 Å². The molecule has 1 unspecified atom stereocenters. The quantitative estimate of drug-likeness (QED) is 0.334. The molecule has 0 spiro atoms. The third-order valence-electron chi connectivity index (χ3n) is 7.55. The summed E-state index contributed by atoms with van der Waals surface area (Å²) in [6, 6.07) is 1.53. The first-order valence-corrected chi connectivity index (χ1v) is 14.5. The number of hydrogen-bond donors (Lipinski definition) is 3. The number of carbonyl (C=O) groups excluding carboxylic acids is 2. The standard InChI is InChI=1S/C28H35ClF2N8O3/c1-28(2,3)42-27(41)38-10-4-5-17(14-38)34-25-33-13-21-24(37-25)39(18-8-6-15(7-9-18)23(32)40)26(35-21)36-22-19(29)11-16(30)12-20(22)31/h11-13,15,17-18H,4-10,14H2,1-3H3,(H2,32,40)(H,35,36)(H,33,34,37). The van der Waals surface area contributed by atoms with Gasteiger partial charge in [-0.1, -0.05) is 11.6 Å². The van der Waals surface area contributed by atoms with E-state index in [1.807, 2.05) is 25.3 Å². The fourth-order valence-corrected chi connectivity index (χ4v) is 5.80. The molecular weight excluding hydrogens is 570 g/mol. The number of fused-ring (bicyclic) bond motifs is 1. The zero-order chi connectivity index (χ0) is 30.2. The van der Waals surface area contributed by atoms with E-state index >= 15 is 0 Å². The molecule has 2 aromatic heterocycles. The van der Waals surface area contributed by atoms with Crippen molar-refractivity contribution >= 4 is 52.3 Å². The van der Waals surface area contributed by atoms with Gasteiger partial charge < -0.3 is 26.0 Å². The second kappa shape index (κ2) is 11.9. The van der Waals surface area contributed by atoms with Crippen molar-refractivity contribution in [2.45, 2.75) is 77.0 Å². The van der Waals surface area contributed by atoms with Crippen LogP contribution in [-0.2, 0) is 9.53 Å². The molecule has 1 aromatic carbocycles. The van der Waals surface area contributed by atoms with E-state index in [9.17, 15) is 18.4 Å². The van der Waals surface area contributed by atoms with Crippen LogP contribution in [0.15, 0.2) is 18.3 Å². The molecule has 226 valence electrons. The number of benzene rings is 1. The van der Waals surface area contributed by atoms with Gasteiger partial charge in [0.15, 0.2) is 11.5 Å². The van der Waals surface area contributed by atoms with E-state index in [1.165, 1.54) is 0 Å². The summed E-state index contributed by atoms with van der Waals surface area (Å²) in [5, 5.41) is 6.14. The fraction of sp³-hybridized carbons (Fsp3) is 0.536. The summed E-state index contributed by atoms with van der Waals surface area (Å²) in [6.07, 6.45) is 5.22. The maximum absolute atomic E-state index is 14.7. The molecule has 1 aliphatic heterocycles. The van der Waals surface area contributed by atoms with E-state index in [1.54, 1.807) is 11.1 Å². The molecule has 11 nitrogen and oxygen atoms in total. The zero-order valence-corrected chi connectivity index (χ0v) is 24.5. The van der Waals surface area contributed by atoms with Gasteiger partial charge in [-0.25, -0.2) is 23.5 Å². The molecule has 14 heteroatoms. The molecule has 3 aromatic rings. The molecular formula is C28H35ClF2N8O3. The van der Waals surface area contributed by atoms with Gasteiger partial charge in [-0.15, -0.1) is 0 Å². The van der Waals surface area contributed by atoms with Crippen molar-refractivity contribution in [2.24, 2.45) is 11.7 Å². The second-order valence-corrected chi connectivity index (χ2v) is 12.3. The van der Waals surface area contributed by atoms with Crippen molar-refractivity contribution < 1.29 is 23.1 Å². The number of nitrogens with one attached hydrogen (secondary N) is 2. The minimum Gasteiger partial charge on any atom is -0.444 e. The Bertz CT molecular complexity index is 1460. The molecule has 4 N–H and O–H groups in total. The Labute approximate surface area is 247 Å². The van der Waals surface area contributed by atoms with E-state index < -0.39 is 17.2 Å². The monoisotopic (exact) mass is 604 g/mol. The highest BCUT2D eigenvalue weighted by molar-refractivity contribution is 6.33. The molecule has 1 atom stereocenters. The van der Waals surface area contributed by atoms with Crippen LogP contribution in [0.2, 0.25) is 5.02 Å². The first kappa shape index (κ1) is 29.7. The number of primary amides is 1. The van der Waals surface area contributed by atoms with Crippen molar-refractivity contribution in [3.8, 4) is 0 Å². The number of amides is 2. The number of nitrogens with two attached hydrogens (primary N) is 1. The fourth-order valence-electron chi connectivity index (χ4n) is 5.56. The molecule has 1 aliphatic carbocycles. The topological polar surface area (TPSA) is 140 Å². The summed E-state index contributed by atoms with van der Waals surface area (Å²) in [6.45, 7) is 6.53. The maximum Gasteiger partial charge on any atom is 0.410 e. The number of imidazole rings is 1. The molecule has 2 fully saturated rings. The van der Waals surface area contributed by atoms with Crippen molar-refractivity contribution in [1.29, 1.82) is 0 Å². The number of carbonyl (C=O) groups is 2. The van der Waals surface area contributed by atoms with Crippen LogP contribution in [0.3, 0.4) is 0 Å². The summed E-state index contributed by atoms with van der Waals surface area (Å²) >= 11 is 6.17. The highest BCUT2D eigenvalue weighted by Crippen LogP contribution is 2.38. The van der Waals surface area contributed by atoms with Gasteiger partial charge in [0, 0.05) is 37.2 Å². The van der Waals surface area contributed by atoms with E-state index in [4.69, 9.17) is 27.1 Å². The predicted molar refractivity (Wildman–Crippen MR) is 155 cm³/mol. The largest absolute Gasteiger partial charge is 0.444 e. The summed E-state index contributed by atoms with van der Waals surface area (Å²) in [4.78, 5) is 39.9. The summed E-state index contributed by atoms with van der Waals surface area (Å²) < 4.78 is 35.8. The molecule has 42 heavy (non-hydrogen) atoms. The minimum absolute atomic E-state index is 0.101. The number of piperidine rings is 1. The summed E-state index contributed by atoms with van der Waals surface area (Å²) in [7, 11) is 0. The van der Waals surface area contributed by atoms with Crippen LogP contribution in [-0.4, -0.2) is 61.2 Å². The zero-order valence-electron chi connectivity index (χ0n) is 23.8. The van der Waals surface area contributed by atoms with Gasteiger partial charge in [0.1, 0.15) is 16.9 Å². The van der Waals surface area contributed by atoms with Crippen molar-refractivity contribution in [3.63, 3.8) is 0 Å². The van der Waals surface area contributed by atoms with Gasteiger partial charge in [-0.05, 0) is 65.4 Å². The van der Waals surface area contributed by atoms with Crippen LogP contribution in [0.4, 0.5) is 31.2 Å². The highest BCUT2D eigenvalue weighted by Gasteiger charge is 2.31. The minimum atomic E-state index is -0.865. The molecule has 0 bridgehead atoms. The highest BCUT2D eigenvalue weighted by atomic mass is 35.5.